The molecule has 2 fully saturated rings. The van der Waals surface area contributed by atoms with Crippen LogP contribution in [0.1, 0.15) is 112 Å². The number of rotatable bonds is 10. The molecule has 5 aliphatic rings. The van der Waals surface area contributed by atoms with E-state index in [1.165, 1.54) is 12.1 Å². The smallest absolute Gasteiger partial charge is 0.264 e. The minimum Gasteiger partial charge on any atom is -0.489 e. The summed E-state index contributed by atoms with van der Waals surface area (Å²) in [5.41, 5.74) is 8.37. The predicted octanol–water partition coefficient (Wildman–Crippen LogP) is 7.61. The SMILES string of the molecule is CC(=O)N1CCc2c(c(N3CCCc4cc(-c5cc(C)cc6ccncc56)c(C(F)F)cc43)nn2C2CCN(C(=O)Cc3nc4cc(COc5ccc6c(c5)C(=O)N(C5CCC(=O)NC5=O)C6=O)ccc4n3C)CC2)C1. The molecule has 76 heavy (non-hydrogen) atoms. The summed E-state index contributed by atoms with van der Waals surface area (Å²) in [6.45, 7) is 6.17. The summed E-state index contributed by atoms with van der Waals surface area (Å²) in [6, 6.07) is 18.7. The molecular formula is C57H54F2N10O7. The van der Waals surface area contributed by atoms with Gasteiger partial charge in [0.1, 0.15) is 24.2 Å². The van der Waals surface area contributed by atoms with E-state index in [2.05, 4.69) is 19.9 Å². The Hall–Kier alpha value is -8.35. The highest BCUT2D eigenvalue weighted by molar-refractivity contribution is 6.23. The first-order chi connectivity index (χ1) is 36.7. The number of likely N-dealkylation sites (tertiary alicyclic amines) is 1. The third-order valence-corrected chi connectivity index (χ3v) is 15.9. The predicted molar refractivity (Wildman–Crippen MR) is 276 cm³/mol. The molecule has 3 aromatic heterocycles. The van der Waals surface area contributed by atoms with Gasteiger partial charge in [-0.3, -0.25) is 48.6 Å². The maximum absolute atomic E-state index is 15.3. The number of benzene rings is 4. The molecular weight excluding hydrogens is 975 g/mol. The molecule has 6 amide bonds. The number of pyridine rings is 1. The van der Waals surface area contributed by atoms with Crippen molar-refractivity contribution in [2.45, 2.75) is 96.9 Å². The van der Waals surface area contributed by atoms with Crippen molar-refractivity contribution in [2.75, 3.05) is 31.1 Å². The Bertz CT molecular complexity index is 3620. The van der Waals surface area contributed by atoms with E-state index in [1.807, 2.05) is 70.8 Å². The number of fused-ring (bicyclic) bond motifs is 5. The van der Waals surface area contributed by atoms with Crippen LogP contribution in [-0.2, 0) is 58.6 Å². The molecule has 7 aromatic rings. The highest BCUT2D eigenvalue weighted by Gasteiger charge is 2.45. The largest absolute Gasteiger partial charge is 0.489 e. The van der Waals surface area contributed by atoms with Gasteiger partial charge < -0.3 is 24.0 Å². The molecule has 0 aliphatic carbocycles. The van der Waals surface area contributed by atoms with E-state index < -0.39 is 36.1 Å². The van der Waals surface area contributed by atoms with Gasteiger partial charge in [-0.05, 0) is 121 Å². The van der Waals surface area contributed by atoms with Gasteiger partial charge in [0.25, 0.3) is 18.2 Å². The fourth-order valence-corrected chi connectivity index (χ4v) is 11.9. The number of amides is 6. The van der Waals surface area contributed by atoms with Crippen LogP contribution < -0.4 is 15.0 Å². The number of piperidine rings is 2. The summed E-state index contributed by atoms with van der Waals surface area (Å²) in [5.74, 6) is -0.764. The van der Waals surface area contributed by atoms with Gasteiger partial charge in [0, 0.05) is 93.3 Å². The number of imide groups is 2. The first kappa shape index (κ1) is 48.6. The molecule has 1 atom stereocenters. The Kier molecular flexibility index (Phi) is 12.2. The topological polar surface area (TPSA) is 185 Å². The number of hydrogen-bond donors (Lipinski definition) is 1. The van der Waals surface area contributed by atoms with Crippen LogP contribution in [-0.4, -0.2) is 107 Å². The zero-order chi connectivity index (χ0) is 52.7. The fraction of sp³-hybridized carbons (Fsp3) is 0.351. The summed E-state index contributed by atoms with van der Waals surface area (Å²) < 4.78 is 40.6. The Labute approximate surface area is 435 Å². The molecule has 0 bridgehead atoms. The third-order valence-electron chi connectivity index (χ3n) is 15.9. The summed E-state index contributed by atoms with van der Waals surface area (Å²) in [7, 11) is 1.88. The number of imidazole rings is 1. The first-order valence-electron chi connectivity index (χ1n) is 25.8. The lowest BCUT2D eigenvalue weighted by molar-refractivity contribution is -0.136. The van der Waals surface area contributed by atoms with Crippen molar-refractivity contribution in [2.24, 2.45) is 7.05 Å². The molecule has 8 heterocycles. The van der Waals surface area contributed by atoms with Gasteiger partial charge in [0.05, 0.1) is 41.2 Å². The minimum atomic E-state index is -2.74. The first-order valence-corrected chi connectivity index (χ1v) is 25.8. The zero-order valence-corrected chi connectivity index (χ0v) is 42.3. The van der Waals surface area contributed by atoms with Crippen LogP contribution >= 0.6 is 0 Å². The quantitative estimate of drug-likeness (QED) is 0.133. The number of hydrogen-bond acceptors (Lipinski definition) is 11. The van der Waals surface area contributed by atoms with E-state index in [4.69, 9.17) is 14.8 Å². The van der Waals surface area contributed by atoms with Gasteiger partial charge in [-0.2, -0.15) is 5.10 Å². The Morgan fingerprint density at radius 1 is 0.842 bits per heavy atom. The maximum atomic E-state index is 15.3. The number of aryl methyl sites for hydroxylation is 3. The van der Waals surface area contributed by atoms with E-state index in [-0.39, 0.29) is 60.4 Å². The molecule has 1 N–H and O–H groups in total. The molecule has 1 unspecified atom stereocenters. The molecule has 0 radical (unpaired) electrons. The second-order valence-corrected chi connectivity index (χ2v) is 20.6. The van der Waals surface area contributed by atoms with Crippen LogP contribution in [0.5, 0.6) is 5.75 Å². The maximum Gasteiger partial charge on any atom is 0.264 e. The molecule has 4 aromatic carbocycles. The Balaban J connectivity index is 0.736. The normalized spacial score (nSPS) is 17.9. The standard InChI is InChI=1S/C57H54F2N10O7/c1-31-21-34-12-16-60-28-43(34)39(22-31)40-24-35-5-4-17-67(49(35)26-41(40)53(58)59)54-44-29-66(32(2)70)20-15-46(44)69(63-54)36-13-18-65(19-14-36)52(72)27-50-61-45-23-33(6-9-47(45)64(50)3)30-76-37-7-8-38-42(25-37)57(75)68(56(38)74)48-10-11-51(71)62-55(48)73/h6-9,12,16,21-26,28,36,48,53H,4-5,10-11,13-15,17-20,27,29-30H2,1-3H3,(H,62,71,73). The number of halogens is 2. The lowest BCUT2D eigenvalue weighted by atomic mass is 9.89. The third kappa shape index (κ3) is 8.50. The van der Waals surface area contributed by atoms with Crippen LogP contribution in [0.15, 0.2) is 79.1 Å². The van der Waals surface area contributed by atoms with Gasteiger partial charge in [0.2, 0.25) is 23.6 Å². The monoisotopic (exact) mass is 1030 g/mol. The van der Waals surface area contributed by atoms with Crippen LogP contribution in [0.4, 0.5) is 20.3 Å². The fourth-order valence-electron chi connectivity index (χ4n) is 11.9. The van der Waals surface area contributed by atoms with Crippen molar-refractivity contribution in [3.63, 3.8) is 0 Å². The van der Waals surface area contributed by atoms with Gasteiger partial charge >= 0.3 is 0 Å². The summed E-state index contributed by atoms with van der Waals surface area (Å²) in [6.07, 6.45) is 4.32. The zero-order valence-electron chi connectivity index (χ0n) is 42.3. The van der Waals surface area contributed by atoms with Crippen molar-refractivity contribution in [3.05, 3.63) is 130 Å². The second-order valence-electron chi connectivity index (χ2n) is 20.6. The van der Waals surface area contributed by atoms with E-state index in [0.717, 1.165) is 61.1 Å². The van der Waals surface area contributed by atoms with Gasteiger partial charge in [-0.1, -0.05) is 18.2 Å². The van der Waals surface area contributed by atoms with Crippen molar-refractivity contribution in [3.8, 4) is 16.9 Å². The summed E-state index contributed by atoms with van der Waals surface area (Å²) in [5, 5.41) is 9.29. The molecule has 12 rings (SSSR count). The molecule has 5 aliphatic heterocycles. The molecule has 2 saturated heterocycles. The van der Waals surface area contributed by atoms with Crippen LogP contribution in [0.2, 0.25) is 0 Å². The highest BCUT2D eigenvalue weighted by atomic mass is 19.3. The Morgan fingerprint density at radius 2 is 1.66 bits per heavy atom. The number of nitrogens with zero attached hydrogens (tertiary/aromatic N) is 9. The van der Waals surface area contributed by atoms with Crippen molar-refractivity contribution < 1.29 is 42.3 Å². The lowest BCUT2D eigenvalue weighted by Crippen LogP contribution is -2.54. The number of ether oxygens (including phenoxy) is 1. The number of carbonyl (C=O) groups excluding carboxylic acids is 6. The molecule has 0 saturated carbocycles. The van der Waals surface area contributed by atoms with Crippen LogP contribution in [0, 0.1) is 6.92 Å². The van der Waals surface area contributed by atoms with Gasteiger partial charge in [-0.25, -0.2) is 13.8 Å². The van der Waals surface area contributed by atoms with Crippen molar-refractivity contribution in [1.82, 2.24) is 44.3 Å². The van der Waals surface area contributed by atoms with Crippen LogP contribution in [0.25, 0.3) is 32.9 Å². The number of anilines is 2. The van der Waals surface area contributed by atoms with E-state index in [1.54, 1.807) is 31.5 Å². The lowest BCUT2D eigenvalue weighted by Gasteiger charge is -2.34. The number of alkyl halides is 2. The van der Waals surface area contributed by atoms with Crippen molar-refractivity contribution >= 4 is 68.8 Å². The molecule has 17 nitrogen and oxygen atoms in total. The molecule has 0 spiro atoms. The minimum absolute atomic E-state index is 0.0226. The molecule has 388 valence electrons. The highest BCUT2D eigenvalue weighted by Crippen LogP contribution is 2.45. The van der Waals surface area contributed by atoms with E-state index >= 15 is 8.78 Å². The van der Waals surface area contributed by atoms with E-state index in [0.29, 0.717) is 92.6 Å². The average molecular weight is 1030 g/mol. The van der Waals surface area contributed by atoms with Crippen molar-refractivity contribution in [1.29, 1.82) is 0 Å². The molecule has 19 heteroatoms. The summed E-state index contributed by atoms with van der Waals surface area (Å²) in [4.78, 5) is 93.4. The Morgan fingerprint density at radius 3 is 2.45 bits per heavy atom. The summed E-state index contributed by atoms with van der Waals surface area (Å²) >= 11 is 0. The number of aromatic nitrogens is 5. The van der Waals surface area contributed by atoms with E-state index in [9.17, 15) is 28.8 Å². The number of nitrogens with one attached hydrogen (secondary N) is 1. The van der Waals surface area contributed by atoms with Crippen LogP contribution in [0.3, 0.4) is 0 Å². The average Bonchev–Trinajstić information content (AvgIpc) is 4.03. The second kappa shape index (κ2) is 19.1. The number of carbonyl (C=O) groups is 6. The van der Waals surface area contributed by atoms with Gasteiger partial charge in [0.15, 0.2) is 5.82 Å². The van der Waals surface area contributed by atoms with Gasteiger partial charge in [-0.15, -0.1) is 0 Å².